The van der Waals surface area contributed by atoms with Crippen molar-refractivity contribution in [2.75, 3.05) is 25.0 Å². The van der Waals surface area contributed by atoms with E-state index in [-0.39, 0.29) is 0 Å². The first-order valence-electron chi connectivity index (χ1n) is 9.89. The van der Waals surface area contributed by atoms with Crippen LogP contribution in [0.2, 0.25) is 0 Å². The van der Waals surface area contributed by atoms with Crippen LogP contribution in [0.25, 0.3) is 0 Å². The SMILES string of the molecule is CCOc1c(CNCCCNc2ccc(C(F)(F)F)cn2)c(C)nn1CC(C)C. The van der Waals surface area contributed by atoms with E-state index in [0.717, 1.165) is 48.9 Å². The molecule has 2 heterocycles. The second kappa shape index (κ2) is 10.5. The van der Waals surface area contributed by atoms with Crippen LogP contribution in [0.3, 0.4) is 0 Å². The first-order chi connectivity index (χ1) is 13.7. The molecule has 0 fully saturated rings. The second-order valence-corrected chi connectivity index (χ2v) is 7.27. The summed E-state index contributed by atoms with van der Waals surface area (Å²) in [6.45, 7) is 11.6. The Bertz CT molecular complexity index is 757. The van der Waals surface area contributed by atoms with E-state index in [1.165, 1.54) is 6.07 Å². The van der Waals surface area contributed by atoms with Crippen LogP contribution >= 0.6 is 0 Å². The number of nitrogens with zero attached hydrogens (tertiary/aromatic N) is 3. The van der Waals surface area contributed by atoms with Gasteiger partial charge in [-0.15, -0.1) is 0 Å². The molecule has 0 saturated carbocycles. The van der Waals surface area contributed by atoms with Gasteiger partial charge in [-0.05, 0) is 44.9 Å². The van der Waals surface area contributed by atoms with Gasteiger partial charge >= 0.3 is 6.18 Å². The molecule has 0 saturated heterocycles. The van der Waals surface area contributed by atoms with Crippen LogP contribution in [0, 0.1) is 12.8 Å². The topological polar surface area (TPSA) is 64.0 Å². The number of anilines is 1. The first kappa shape index (κ1) is 23.0. The van der Waals surface area contributed by atoms with E-state index >= 15 is 0 Å². The molecule has 2 aromatic rings. The number of aryl methyl sites for hydroxylation is 1. The molecular formula is C20H30F3N5O. The third-order valence-electron chi connectivity index (χ3n) is 4.25. The maximum Gasteiger partial charge on any atom is 0.417 e. The molecule has 0 amide bonds. The highest BCUT2D eigenvalue weighted by Gasteiger charge is 2.30. The molecule has 0 unspecified atom stereocenters. The van der Waals surface area contributed by atoms with Crippen LogP contribution in [0.15, 0.2) is 18.3 Å². The minimum absolute atomic E-state index is 0.433. The van der Waals surface area contributed by atoms with Crippen LogP contribution < -0.4 is 15.4 Å². The molecule has 0 radical (unpaired) electrons. The highest BCUT2D eigenvalue weighted by molar-refractivity contribution is 5.36. The Balaban J connectivity index is 1.78. The van der Waals surface area contributed by atoms with E-state index in [9.17, 15) is 13.2 Å². The van der Waals surface area contributed by atoms with Crippen molar-refractivity contribution in [3.63, 3.8) is 0 Å². The lowest BCUT2D eigenvalue weighted by molar-refractivity contribution is -0.137. The fourth-order valence-electron chi connectivity index (χ4n) is 2.88. The number of rotatable bonds is 11. The minimum Gasteiger partial charge on any atom is -0.478 e. The largest absolute Gasteiger partial charge is 0.478 e. The Kier molecular flexibility index (Phi) is 8.31. The van der Waals surface area contributed by atoms with Gasteiger partial charge in [0.15, 0.2) is 0 Å². The van der Waals surface area contributed by atoms with Crippen LogP contribution in [0.5, 0.6) is 5.88 Å². The van der Waals surface area contributed by atoms with Gasteiger partial charge in [-0.2, -0.15) is 18.3 Å². The van der Waals surface area contributed by atoms with E-state index in [1.807, 2.05) is 18.5 Å². The summed E-state index contributed by atoms with van der Waals surface area (Å²) >= 11 is 0. The van der Waals surface area contributed by atoms with Crippen molar-refractivity contribution < 1.29 is 17.9 Å². The van der Waals surface area contributed by atoms with Crippen LogP contribution in [0.4, 0.5) is 19.0 Å². The van der Waals surface area contributed by atoms with E-state index in [2.05, 4.69) is 34.6 Å². The molecule has 2 aromatic heterocycles. The molecule has 6 nitrogen and oxygen atoms in total. The van der Waals surface area contributed by atoms with E-state index < -0.39 is 11.7 Å². The monoisotopic (exact) mass is 413 g/mol. The van der Waals surface area contributed by atoms with Crippen LogP contribution in [-0.2, 0) is 19.3 Å². The number of halogens is 3. The van der Waals surface area contributed by atoms with Crippen LogP contribution in [0.1, 0.15) is 44.0 Å². The highest BCUT2D eigenvalue weighted by Crippen LogP contribution is 2.28. The van der Waals surface area contributed by atoms with E-state index in [0.29, 0.717) is 31.4 Å². The quantitative estimate of drug-likeness (QED) is 0.539. The van der Waals surface area contributed by atoms with Crippen molar-refractivity contribution in [3.05, 3.63) is 35.2 Å². The predicted octanol–water partition coefficient (Wildman–Crippen LogP) is 4.25. The zero-order valence-electron chi connectivity index (χ0n) is 17.4. The smallest absolute Gasteiger partial charge is 0.417 e. The average molecular weight is 413 g/mol. The fourth-order valence-corrected chi connectivity index (χ4v) is 2.88. The summed E-state index contributed by atoms with van der Waals surface area (Å²) in [5, 5.41) is 11.0. The standard InChI is InChI=1S/C20H30F3N5O/c1-5-29-19-17(15(4)27-28(19)13-14(2)3)12-24-9-6-10-25-18-8-7-16(11-26-18)20(21,22)23/h7-8,11,14,24H,5-6,9-10,12-13H2,1-4H3,(H,25,26). The molecule has 29 heavy (non-hydrogen) atoms. The molecule has 0 aliphatic heterocycles. The summed E-state index contributed by atoms with van der Waals surface area (Å²) in [6, 6.07) is 2.37. The number of hydrogen-bond donors (Lipinski definition) is 2. The molecule has 2 N–H and O–H groups in total. The number of pyridine rings is 1. The first-order valence-corrected chi connectivity index (χ1v) is 9.89. The normalized spacial score (nSPS) is 11.9. The van der Waals surface area contributed by atoms with Gasteiger partial charge in [0.05, 0.1) is 23.4 Å². The summed E-state index contributed by atoms with van der Waals surface area (Å²) in [5.41, 5.74) is 1.27. The Morgan fingerprint density at radius 2 is 1.97 bits per heavy atom. The van der Waals surface area contributed by atoms with Gasteiger partial charge in [0.25, 0.3) is 0 Å². The van der Waals surface area contributed by atoms with Crippen LogP contribution in [-0.4, -0.2) is 34.5 Å². The Morgan fingerprint density at radius 3 is 2.55 bits per heavy atom. The molecule has 0 spiro atoms. The summed E-state index contributed by atoms with van der Waals surface area (Å²) in [4.78, 5) is 3.80. The molecule has 0 bridgehead atoms. The van der Waals surface area contributed by atoms with Gasteiger partial charge < -0.3 is 15.4 Å². The molecule has 0 atom stereocenters. The van der Waals surface area contributed by atoms with Gasteiger partial charge in [0.1, 0.15) is 5.82 Å². The molecule has 0 aliphatic rings. The zero-order valence-corrected chi connectivity index (χ0v) is 17.4. The molecular weight excluding hydrogens is 383 g/mol. The average Bonchev–Trinajstić information content (AvgIpc) is 2.92. The summed E-state index contributed by atoms with van der Waals surface area (Å²) in [6.07, 6.45) is -2.73. The predicted molar refractivity (Wildman–Crippen MR) is 107 cm³/mol. The number of aromatic nitrogens is 3. The number of alkyl halides is 3. The Labute approximate surface area is 169 Å². The van der Waals surface area contributed by atoms with Crippen molar-refractivity contribution in [3.8, 4) is 5.88 Å². The Morgan fingerprint density at radius 1 is 1.21 bits per heavy atom. The van der Waals surface area contributed by atoms with E-state index in [1.54, 1.807) is 0 Å². The number of nitrogens with one attached hydrogen (secondary N) is 2. The maximum atomic E-state index is 12.5. The summed E-state index contributed by atoms with van der Waals surface area (Å²) < 4.78 is 45.4. The fraction of sp³-hybridized carbons (Fsp3) is 0.600. The lowest BCUT2D eigenvalue weighted by Crippen LogP contribution is -2.19. The van der Waals surface area contributed by atoms with Crippen molar-refractivity contribution in [2.24, 2.45) is 5.92 Å². The third-order valence-corrected chi connectivity index (χ3v) is 4.25. The summed E-state index contributed by atoms with van der Waals surface area (Å²) in [7, 11) is 0. The van der Waals surface area contributed by atoms with Crippen molar-refractivity contribution in [2.45, 2.75) is 53.4 Å². The van der Waals surface area contributed by atoms with Crippen molar-refractivity contribution >= 4 is 5.82 Å². The van der Waals surface area contributed by atoms with Gasteiger partial charge in [0, 0.05) is 25.8 Å². The molecule has 2 rings (SSSR count). The van der Waals surface area contributed by atoms with E-state index in [4.69, 9.17) is 4.74 Å². The Hall–Kier alpha value is -2.29. The van der Waals surface area contributed by atoms with Gasteiger partial charge in [-0.25, -0.2) is 9.67 Å². The molecule has 9 heteroatoms. The number of hydrogen-bond acceptors (Lipinski definition) is 5. The molecule has 162 valence electrons. The number of ether oxygens (including phenoxy) is 1. The minimum atomic E-state index is -4.36. The van der Waals surface area contributed by atoms with Gasteiger partial charge in [-0.1, -0.05) is 13.8 Å². The van der Waals surface area contributed by atoms with Crippen molar-refractivity contribution in [1.29, 1.82) is 0 Å². The zero-order chi connectivity index (χ0) is 21.4. The lowest BCUT2D eigenvalue weighted by atomic mass is 10.2. The molecule has 0 aromatic carbocycles. The van der Waals surface area contributed by atoms with Gasteiger partial charge in [-0.3, -0.25) is 0 Å². The third kappa shape index (κ3) is 6.92. The summed E-state index contributed by atoms with van der Waals surface area (Å²) in [5.74, 6) is 1.72. The second-order valence-electron chi connectivity index (χ2n) is 7.27. The maximum absolute atomic E-state index is 12.5. The highest BCUT2D eigenvalue weighted by atomic mass is 19.4. The lowest BCUT2D eigenvalue weighted by Gasteiger charge is -2.12. The van der Waals surface area contributed by atoms with Gasteiger partial charge in [0.2, 0.25) is 5.88 Å². The molecule has 0 aliphatic carbocycles. The van der Waals surface area contributed by atoms with Crippen molar-refractivity contribution in [1.82, 2.24) is 20.1 Å².